The largest absolute Gasteiger partial charge is 0.508 e. The molecule has 2 aromatic rings. The lowest BCUT2D eigenvalue weighted by Gasteiger charge is -2.25. The average Bonchev–Trinajstić information content (AvgIpc) is 3.43. The van der Waals surface area contributed by atoms with Crippen LogP contribution >= 0.6 is 0 Å². The first-order valence-electron chi connectivity index (χ1n) is 10.7. The lowest BCUT2D eigenvalue weighted by Crippen LogP contribution is -2.45. The fourth-order valence-electron chi connectivity index (χ4n) is 4.00. The van der Waals surface area contributed by atoms with Crippen molar-refractivity contribution in [3.63, 3.8) is 0 Å². The predicted octanol–water partition coefficient (Wildman–Crippen LogP) is 2.10. The number of ether oxygens (including phenoxy) is 6. The number of anilines is 1. The number of fused-ring (bicyclic) bond motifs is 2. The van der Waals surface area contributed by atoms with Crippen LogP contribution in [0.25, 0.3) is 10.4 Å². The van der Waals surface area contributed by atoms with Crippen LogP contribution in [0.5, 0.6) is 0 Å². The highest BCUT2D eigenvalue weighted by Gasteiger charge is 2.69. The van der Waals surface area contributed by atoms with Crippen molar-refractivity contribution < 1.29 is 33.2 Å². The highest BCUT2D eigenvalue weighted by atomic mass is 16.8. The molecule has 33 heavy (non-hydrogen) atoms. The van der Waals surface area contributed by atoms with Gasteiger partial charge in [-0.25, -0.2) is 20.9 Å². The molecule has 0 aromatic carbocycles. The minimum atomic E-state index is -1.64. The van der Waals surface area contributed by atoms with E-state index in [1.807, 2.05) is 6.92 Å². The summed E-state index contributed by atoms with van der Waals surface area (Å²) in [6, 6.07) is 3.54. The molecule has 2 saturated heterocycles. The monoisotopic (exact) mass is 461 g/mol. The van der Waals surface area contributed by atoms with Crippen molar-refractivity contribution in [3.8, 4) is 0 Å². The van der Waals surface area contributed by atoms with Gasteiger partial charge in [-0.2, -0.15) is 5.10 Å². The number of nitrogens with zero attached hydrogens (tertiary/aromatic N) is 4. The summed E-state index contributed by atoms with van der Waals surface area (Å²) in [5, 5.41) is 4.25. The molecule has 2 fully saturated rings. The highest BCUT2D eigenvalue weighted by Crippen LogP contribution is 2.50. The van der Waals surface area contributed by atoms with Gasteiger partial charge in [0.25, 0.3) is 0 Å². The zero-order chi connectivity index (χ0) is 23.6. The summed E-state index contributed by atoms with van der Waals surface area (Å²) in [6.45, 7) is 13.8. The van der Waals surface area contributed by atoms with Crippen molar-refractivity contribution >= 4 is 17.5 Å². The van der Waals surface area contributed by atoms with Gasteiger partial charge >= 0.3 is 11.9 Å². The van der Waals surface area contributed by atoms with Crippen LogP contribution in [-0.2, 0) is 28.4 Å². The zero-order valence-corrected chi connectivity index (χ0v) is 18.7. The Morgan fingerprint density at radius 3 is 2.82 bits per heavy atom. The molecular weight excluding hydrogens is 434 g/mol. The van der Waals surface area contributed by atoms with Crippen LogP contribution in [0.15, 0.2) is 18.5 Å². The van der Waals surface area contributed by atoms with Gasteiger partial charge in [-0.1, -0.05) is 6.92 Å². The number of aromatic nitrogens is 3. The van der Waals surface area contributed by atoms with E-state index in [1.54, 1.807) is 30.5 Å². The van der Waals surface area contributed by atoms with Gasteiger partial charge in [0.15, 0.2) is 17.7 Å². The van der Waals surface area contributed by atoms with Crippen LogP contribution in [0, 0.1) is 6.57 Å². The van der Waals surface area contributed by atoms with Gasteiger partial charge in [-0.3, -0.25) is 9.58 Å². The summed E-state index contributed by atoms with van der Waals surface area (Å²) in [5.41, 5.74) is 5.51. The maximum atomic E-state index is 12.1. The Bertz CT molecular complexity index is 1050. The van der Waals surface area contributed by atoms with Gasteiger partial charge in [0.05, 0.1) is 12.3 Å². The number of carbonyl (C=O) groups excluding carboxylic acids is 1. The summed E-state index contributed by atoms with van der Waals surface area (Å²) in [7, 11) is 0. The van der Waals surface area contributed by atoms with Gasteiger partial charge in [0.1, 0.15) is 30.7 Å². The molecule has 2 aliphatic heterocycles. The van der Waals surface area contributed by atoms with Gasteiger partial charge < -0.3 is 29.4 Å². The molecule has 12 nitrogen and oxygen atoms in total. The van der Waals surface area contributed by atoms with E-state index in [2.05, 4.69) is 14.9 Å². The number of nitrogens with two attached hydrogens (primary N) is 1. The Hall–Kier alpha value is -2.98. The molecule has 2 aromatic heterocycles. The molecule has 178 valence electrons. The SMILES string of the molecule is [C-]#[N+][C@]1(COC(=O)OCCOCCC)O[C@@H](c2ccc3c(N)ncnn23)[C@@H]2OC(C)(C)O[C@@H]21. The predicted molar refractivity (Wildman–Crippen MR) is 113 cm³/mol. The number of nitrogen functional groups attached to an aromatic ring is 1. The molecular formula is C21H27N5O7. The minimum Gasteiger partial charge on any atom is -0.432 e. The maximum absolute atomic E-state index is 12.1. The zero-order valence-electron chi connectivity index (χ0n) is 18.7. The Balaban J connectivity index is 1.53. The second-order valence-electron chi connectivity index (χ2n) is 8.22. The van der Waals surface area contributed by atoms with E-state index in [4.69, 9.17) is 40.7 Å². The van der Waals surface area contributed by atoms with Crippen molar-refractivity contribution in [2.24, 2.45) is 0 Å². The second-order valence-corrected chi connectivity index (χ2v) is 8.22. The maximum Gasteiger partial charge on any atom is 0.508 e. The normalized spacial score (nSPS) is 27.9. The summed E-state index contributed by atoms with van der Waals surface area (Å²) >= 11 is 0. The molecule has 12 heteroatoms. The number of rotatable bonds is 8. The van der Waals surface area contributed by atoms with E-state index >= 15 is 0 Å². The Morgan fingerprint density at radius 2 is 2.06 bits per heavy atom. The molecule has 0 saturated carbocycles. The van der Waals surface area contributed by atoms with Crippen molar-refractivity contribution in [1.82, 2.24) is 14.6 Å². The minimum absolute atomic E-state index is 0.0449. The fourth-order valence-corrected chi connectivity index (χ4v) is 4.00. The fraction of sp³-hybridized carbons (Fsp3) is 0.619. The van der Waals surface area contributed by atoms with Crippen molar-refractivity contribution in [3.05, 3.63) is 35.6 Å². The third-order valence-electron chi connectivity index (χ3n) is 5.39. The van der Waals surface area contributed by atoms with Gasteiger partial charge in [0.2, 0.25) is 6.61 Å². The number of carbonyl (C=O) groups is 1. The lowest BCUT2D eigenvalue weighted by molar-refractivity contribution is -0.208. The lowest BCUT2D eigenvalue weighted by atomic mass is 10.0. The Labute approximate surface area is 190 Å². The molecule has 0 amide bonds. The van der Waals surface area contributed by atoms with Crippen LogP contribution < -0.4 is 5.73 Å². The summed E-state index contributed by atoms with van der Waals surface area (Å²) in [5.74, 6) is -0.661. The van der Waals surface area contributed by atoms with Crippen LogP contribution in [0.1, 0.15) is 39.0 Å². The van der Waals surface area contributed by atoms with Crippen molar-refractivity contribution in [2.45, 2.75) is 57.0 Å². The first kappa shape index (κ1) is 23.2. The average molecular weight is 461 g/mol. The molecule has 2 aliphatic rings. The summed E-state index contributed by atoms with van der Waals surface area (Å²) in [4.78, 5) is 19.7. The first-order valence-corrected chi connectivity index (χ1v) is 10.7. The molecule has 0 unspecified atom stereocenters. The number of hydrogen-bond donors (Lipinski definition) is 1. The first-order chi connectivity index (χ1) is 15.8. The Morgan fingerprint density at radius 1 is 1.24 bits per heavy atom. The molecule has 0 bridgehead atoms. The topological polar surface area (TPSA) is 133 Å². The van der Waals surface area contributed by atoms with E-state index in [0.717, 1.165) is 6.42 Å². The highest BCUT2D eigenvalue weighted by molar-refractivity contribution is 5.65. The van der Waals surface area contributed by atoms with E-state index in [9.17, 15) is 4.79 Å². The molecule has 0 spiro atoms. The van der Waals surface area contributed by atoms with E-state index in [0.29, 0.717) is 23.6 Å². The van der Waals surface area contributed by atoms with E-state index in [-0.39, 0.29) is 13.2 Å². The summed E-state index contributed by atoms with van der Waals surface area (Å²) in [6.07, 6.45) is -0.920. The Kier molecular flexibility index (Phi) is 6.40. The van der Waals surface area contributed by atoms with Crippen LogP contribution in [-0.4, -0.2) is 70.9 Å². The van der Waals surface area contributed by atoms with Gasteiger partial charge in [-0.05, 0) is 32.4 Å². The van der Waals surface area contributed by atoms with Crippen LogP contribution in [0.4, 0.5) is 10.6 Å². The molecule has 4 atom stereocenters. The van der Waals surface area contributed by atoms with Gasteiger partial charge in [-0.15, -0.1) is 0 Å². The molecule has 4 rings (SSSR count). The van der Waals surface area contributed by atoms with E-state index in [1.165, 1.54) is 6.33 Å². The van der Waals surface area contributed by atoms with Gasteiger partial charge in [0, 0.05) is 6.61 Å². The molecule has 0 aliphatic carbocycles. The third kappa shape index (κ3) is 4.45. The van der Waals surface area contributed by atoms with Crippen molar-refractivity contribution in [1.29, 1.82) is 0 Å². The standard InChI is InChI=1S/C21H27N5O7/c1-5-8-28-9-10-29-19(27)30-11-21(23-4)17-16(31-20(2,3)33-17)15(32-21)13-6-7-14-18(22)24-12-25-26(13)14/h6-7,12,15-17H,5,8-11H2,1-3H3,(H2,22,24,25)/t15-,16-,17-,21+/m0/s1. The smallest absolute Gasteiger partial charge is 0.432 e. The molecule has 4 heterocycles. The third-order valence-corrected chi connectivity index (χ3v) is 5.39. The number of hydrogen-bond acceptors (Lipinski definition) is 10. The van der Waals surface area contributed by atoms with E-state index < -0.39 is 42.6 Å². The van der Waals surface area contributed by atoms with Crippen LogP contribution in [0.2, 0.25) is 0 Å². The van der Waals surface area contributed by atoms with Crippen molar-refractivity contribution in [2.75, 3.05) is 32.2 Å². The van der Waals surface area contributed by atoms with Crippen LogP contribution in [0.3, 0.4) is 0 Å². The molecule has 2 N–H and O–H groups in total. The quantitative estimate of drug-likeness (QED) is 0.354. The second kappa shape index (κ2) is 9.11. The summed E-state index contributed by atoms with van der Waals surface area (Å²) < 4.78 is 35.4. The molecule has 0 radical (unpaired) electrons.